The summed E-state index contributed by atoms with van der Waals surface area (Å²) in [6.07, 6.45) is 0.288. The minimum atomic E-state index is -0.341. The molecule has 1 aliphatic rings. The second-order valence-corrected chi connectivity index (χ2v) is 7.56. The molecule has 8 heteroatoms. The van der Waals surface area contributed by atoms with Gasteiger partial charge in [0.1, 0.15) is 0 Å². The van der Waals surface area contributed by atoms with Gasteiger partial charge in [0.05, 0.1) is 5.92 Å². The van der Waals surface area contributed by atoms with E-state index in [0.717, 1.165) is 15.7 Å². The number of anilines is 2. The Labute approximate surface area is 169 Å². The van der Waals surface area contributed by atoms with E-state index in [1.165, 1.54) is 0 Å². The number of rotatable bonds is 4. The number of benzene rings is 2. The van der Waals surface area contributed by atoms with Gasteiger partial charge in [-0.15, -0.1) is 5.10 Å². The Morgan fingerprint density at radius 3 is 2.57 bits per heavy atom. The van der Waals surface area contributed by atoms with Crippen molar-refractivity contribution in [2.24, 2.45) is 0 Å². The predicted molar refractivity (Wildman–Crippen MR) is 107 cm³/mol. The number of carbonyl (C=O) groups is 2. The summed E-state index contributed by atoms with van der Waals surface area (Å²) in [7, 11) is 0. The fraction of sp³-hybridized carbons (Fsp3) is 0.200. The lowest BCUT2D eigenvalue weighted by atomic mass is 10.1. The van der Waals surface area contributed by atoms with E-state index < -0.39 is 0 Å². The summed E-state index contributed by atoms with van der Waals surface area (Å²) in [6.45, 7) is 2.46. The SMILES string of the molecule is Cc1ccc(N2C[C@@H](c3nnc(NC(=O)c4ccc(Br)cc4)o3)CC2=O)cc1. The number of nitrogens with one attached hydrogen (secondary N) is 1. The van der Waals surface area contributed by atoms with Crippen LogP contribution in [0.2, 0.25) is 0 Å². The lowest BCUT2D eigenvalue weighted by molar-refractivity contribution is -0.117. The molecule has 0 bridgehead atoms. The molecule has 0 aliphatic carbocycles. The van der Waals surface area contributed by atoms with E-state index in [1.807, 2.05) is 31.2 Å². The Kier molecular flexibility index (Phi) is 4.95. The van der Waals surface area contributed by atoms with E-state index in [0.29, 0.717) is 18.0 Å². The largest absolute Gasteiger partial charge is 0.407 e. The van der Waals surface area contributed by atoms with Crippen LogP contribution in [0.4, 0.5) is 11.7 Å². The van der Waals surface area contributed by atoms with Crippen molar-refractivity contribution in [3.63, 3.8) is 0 Å². The first-order valence-corrected chi connectivity index (χ1v) is 9.56. The zero-order chi connectivity index (χ0) is 19.7. The third kappa shape index (κ3) is 3.82. The van der Waals surface area contributed by atoms with Crippen LogP contribution in [0.5, 0.6) is 0 Å². The van der Waals surface area contributed by atoms with Crippen LogP contribution in [0, 0.1) is 6.92 Å². The van der Waals surface area contributed by atoms with E-state index in [-0.39, 0.29) is 30.2 Å². The Bertz CT molecular complexity index is 1010. The fourth-order valence-corrected chi connectivity index (χ4v) is 3.33. The Morgan fingerprint density at radius 2 is 1.86 bits per heavy atom. The second-order valence-electron chi connectivity index (χ2n) is 6.65. The molecule has 1 aromatic heterocycles. The van der Waals surface area contributed by atoms with Gasteiger partial charge in [0, 0.05) is 28.7 Å². The molecule has 4 rings (SSSR count). The molecule has 0 radical (unpaired) electrons. The smallest absolute Gasteiger partial charge is 0.322 e. The zero-order valence-corrected chi connectivity index (χ0v) is 16.6. The Morgan fingerprint density at radius 1 is 1.14 bits per heavy atom. The van der Waals surface area contributed by atoms with Crippen molar-refractivity contribution in [1.29, 1.82) is 0 Å². The lowest BCUT2D eigenvalue weighted by Gasteiger charge is -2.16. The summed E-state index contributed by atoms with van der Waals surface area (Å²) in [5, 5.41) is 10.5. The minimum Gasteiger partial charge on any atom is -0.407 e. The first kappa shape index (κ1) is 18.4. The van der Waals surface area contributed by atoms with E-state index in [1.54, 1.807) is 29.2 Å². The van der Waals surface area contributed by atoms with Crippen LogP contribution in [0.3, 0.4) is 0 Å². The molecule has 2 amide bonds. The van der Waals surface area contributed by atoms with Gasteiger partial charge in [0.25, 0.3) is 5.91 Å². The van der Waals surface area contributed by atoms with Crippen LogP contribution < -0.4 is 10.2 Å². The first-order valence-electron chi connectivity index (χ1n) is 8.77. The van der Waals surface area contributed by atoms with Crippen LogP contribution in [0.25, 0.3) is 0 Å². The highest BCUT2D eigenvalue weighted by atomic mass is 79.9. The molecule has 1 atom stereocenters. The fourth-order valence-electron chi connectivity index (χ4n) is 3.07. The number of carbonyl (C=O) groups excluding carboxylic acids is 2. The molecule has 3 aromatic rings. The lowest BCUT2D eigenvalue weighted by Crippen LogP contribution is -2.24. The van der Waals surface area contributed by atoms with Gasteiger partial charge in [-0.3, -0.25) is 14.9 Å². The average molecular weight is 441 g/mol. The third-order valence-corrected chi connectivity index (χ3v) is 5.12. The number of aromatic nitrogens is 2. The number of nitrogens with zero attached hydrogens (tertiary/aromatic N) is 3. The highest BCUT2D eigenvalue weighted by Crippen LogP contribution is 2.31. The monoisotopic (exact) mass is 440 g/mol. The van der Waals surface area contributed by atoms with Crippen LogP contribution >= 0.6 is 15.9 Å². The molecule has 0 unspecified atom stereocenters. The van der Waals surface area contributed by atoms with Crippen molar-refractivity contribution in [2.75, 3.05) is 16.8 Å². The average Bonchev–Trinajstić information content (AvgIpc) is 3.29. The highest BCUT2D eigenvalue weighted by Gasteiger charge is 2.35. The van der Waals surface area contributed by atoms with Gasteiger partial charge in [-0.2, -0.15) is 0 Å². The molecule has 2 heterocycles. The molecule has 142 valence electrons. The summed E-state index contributed by atoms with van der Waals surface area (Å²) >= 11 is 3.33. The quantitative estimate of drug-likeness (QED) is 0.663. The maximum atomic E-state index is 12.4. The normalized spacial score (nSPS) is 16.4. The van der Waals surface area contributed by atoms with Crippen LogP contribution in [0.1, 0.15) is 34.2 Å². The Hall–Kier alpha value is -3.00. The maximum Gasteiger partial charge on any atom is 0.322 e. The molecule has 1 aliphatic heterocycles. The molecule has 1 fully saturated rings. The summed E-state index contributed by atoms with van der Waals surface area (Å²) in [5.41, 5.74) is 2.46. The molecule has 1 saturated heterocycles. The minimum absolute atomic E-state index is 0.00695. The zero-order valence-electron chi connectivity index (χ0n) is 15.1. The number of amides is 2. The van der Waals surface area contributed by atoms with Crippen molar-refractivity contribution in [2.45, 2.75) is 19.3 Å². The summed E-state index contributed by atoms with van der Waals surface area (Å²) < 4.78 is 6.48. The van der Waals surface area contributed by atoms with Crippen LogP contribution in [-0.4, -0.2) is 28.6 Å². The number of halogens is 1. The summed E-state index contributed by atoms with van der Waals surface area (Å²) in [5.74, 6) is -0.201. The molecule has 0 spiro atoms. The molecule has 28 heavy (non-hydrogen) atoms. The van der Waals surface area contributed by atoms with Gasteiger partial charge >= 0.3 is 6.01 Å². The van der Waals surface area contributed by atoms with Gasteiger partial charge in [-0.25, -0.2) is 0 Å². The number of hydrogen-bond donors (Lipinski definition) is 1. The molecular weight excluding hydrogens is 424 g/mol. The second kappa shape index (κ2) is 7.55. The molecule has 2 aromatic carbocycles. The van der Waals surface area contributed by atoms with E-state index >= 15 is 0 Å². The number of aryl methyl sites for hydroxylation is 1. The Balaban J connectivity index is 1.44. The van der Waals surface area contributed by atoms with E-state index in [2.05, 4.69) is 31.4 Å². The van der Waals surface area contributed by atoms with Crippen LogP contribution in [-0.2, 0) is 4.79 Å². The van der Waals surface area contributed by atoms with Crippen molar-refractivity contribution < 1.29 is 14.0 Å². The summed E-state index contributed by atoms with van der Waals surface area (Å²) in [4.78, 5) is 26.4. The third-order valence-electron chi connectivity index (χ3n) is 4.59. The standard InChI is InChI=1S/C20H17BrN4O3/c1-12-2-8-16(9-3-12)25-11-14(10-17(25)26)19-23-24-20(28-19)22-18(27)13-4-6-15(21)7-5-13/h2-9,14H,10-11H2,1H3,(H,22,24,27)/t14-/m0/s1. The maximum absolute atomic E-state index is 12.4. The van der Waals surface area contributed by atoms with Crippen molar-refractivity contribution in [3.8, 4) is 0 Å². The van der Waals surface area contributed by atoms with Gasteiger partial charge < -0.3 is 9.32 Å². The van der Waals surface area contributed by atoms with Crippen molar-refractivity contribution >= 4 is 39.4 Å². The van der Waals surface area contributed by atoms with Gasteiger partial charge in [0.15, 0.2) is 0 Å². The van der Waals surface area contributed by atoms with Gasteiger partial charge in [-0.05, 0) is 43.3 Å². The van der Waals surface area contributed by atoms with E-state index in [9.17, 15) is 9.59 Å². The predicted octanol–water partition coefficient (Wildman–Crippen LogP) is 3.91. The highest BCUT2D eigenvalue weighted by molar-refractivity contribution is 9.10. The molecular formula is C20H17BrN4O3. The van der Waals surface area contributed by atoms with Gasteiger partial charge in [-0.1, -0.05) is 38.7 Å². The summed E-state index contributed by atoms with van der Waals surface area (Å²) in [6, 6.07) is 14.7. The van der Waals surface area contributed by atoms with E-state index in [4.69, 9.17) is 4.42 Å². The van der Waals surface area contributed by atoms with Gasteiger partial charge in [0.2, 0.25) is 11.8 Å². The molecule has 0 saturated carbocycles. The van der Waals surface area contributed by atoms with Crippen LogP contribution in [0.15, 0.2) is 57.4 Å². The molecule has 7 nitrogen and oxygen atoms in total. The molecule has 1 N–H and O–H groups in total. The first-order chi connectivity index (χ1) is 13.5. The number of hydrogen-bond acceptors (Lipinski definition) is 5. The van der Waals surface area contributed by atoms with Crippen molar-refractivity contribution in [1.82, 2.24) is 10.2 Å². The topological polar surface area (TPSA) is 88.3 Å². The van der Waals surface area contributed by atoms with Crippen molar-refractivity contribution in [3.05, 3.63) is 70.0 Å².